The zero-order chi connectivity index (χ0) is 17.5. The van der Waals surface area contributed by atoms with E-state index in [2.05, 4.69) is 78.3 Å². The summed E-state index contributed by atoms with van der Waals surface area (Å²) in [5.41, 5.74) is 5.29. The van der Waals surface area contributed by atoms with Crippen molar-refractivity contribution in [3.8, 4) is 0 Å². The molecule has 0 radical (unpaired) electrons. The monoisotopic (exact) mass is 317 g/mol. The van der Waals surface area contributed by atoms with Crippen LogP contribution in [0.5, 0.6) is 0 Å². The molecule has 3 atom stereocenters. The maximum absolute atomic E-state index is 5.01. The van der Waals surface area contributed by atoms with Gasteiger partial charge >= 0.3 is 0 Å². The Hall–Kier alpha value is -1.09. The minimum Gasteiger partial charge on any atom is -0.366 e. The van der Waals surface area contributed by atoms with Gasteiger partial charge in [0.25, 0.3) is 0 Å². The van der Waals surface area contributed by atoms with Crippen molar-refractivity contribution >= 4 is 5.69 Å². The first-order chi connectivity index (χ1) is 10.6. The maximum atomic E-state index is 5.01. The number of pyridine rings is 1. The van der Waals surface area contributed by atoms with Crippen molar-refractivity contribution in [3.63, 3.8) is 0 Å². The second-order valence-electron chi connectivity index (χ2n) is 8.03. The van der Waals surface area contributed by atoms with E-state index < -0.39 is 0 Å². The van der Waals surface area contributed by atoms with Crippen molar-refractivity contribution in [1.29, 1.82) is 0 Å². The number of hydrogen-bond acceptors (Lipinski definition) is 3. The van der Waals surface area contributed by atoms with E-state index in [1.807, 2.05) is 0 Å². The van der Waals surface area contributed by atoms with Gasteiger partial charge in [-0.15, -0.1) is 0 Å². The summed E-state index contributed by atoms with van der Waals surface area (Å²) in [5, 5.41) is 0. The third-order valence-corrected chi connectivity index (χ3v) is 5.66. The summed E-state index contributed by atoms with van der Waals surface area (Å²) >= 11 is 0. The van der Waals surface area contributed by atoms with Crippen molar-refractivity contribution in [2.45, 2.75) is 85.4 Å². The molecule has 0 saturated carbocycles. The Bertz CT molecular complexity index is 550. The second kappa shape index (κ2) is 6.80. The summed E-state index contributed by atoms with van der Waals surface area (Å²) in [4.78, 5) is 10.1. The first-order valence-electron chi connectivity index (χ1n) is 9.15. The fourth-order valence-corrected chi connectivity index (χ4v) is 3.74. The van der Waals surface area contributed by atoms with Crippen LogP contribution in [0.25, 0.3) is 0 Å². The number of likely N-dealkylation sites (N-methyl/N-ethyl adjacent to an activating group) is 1. The average molecular weight is 318 g/mol. The van der Waals surface area contributed by atoms with Crippen molar-refractivity contribution in [2.75, 3.05) is 18.5 Å². The first kappa shape index (κ1) is 18.3. The summed E-state index contributed by atoms with van der Waals surface area (Å²) in [6.07, 6.45) is 0. The highest BCUT2D eigenvalue weighted by atomic mass is 15.3. The Morgan fingerprint density at radius 3 is 2.26 bits per heavy atom. The van der Waals surface area contributed by atoms with Gasteiger partial charge in [-0.3, -0.25) is 9.88 Å². The van der Waals surface area contributed by atoms with Crippen molar-refractivity contribution in [1.82, 2.24) is 9.88 Å². The number of aromatic nitrogens is 1. The van der Waals surface area contributed by atoms with Crippen molar-refractivity contribution in [2.24, 2.45) is 0 Å². The zero-order valence-corrected chi connectivity index (χ0v) is 16.5. The van der Waals surface area contributed by atoms with Crippen LogP contribution in [0.3, 0.4) is 0 Å². The van der Waals surface area contributed by atoms with E-state index in [0.29, 0.717) is 30.0 Å². The van der Waals surface area contributed by atoms with Gasteiger partial charge in [-0.05, 0) is 59.2 Å². The molecule has 0 aliphatic carbocycles. The lowest BCUT2D eigenvalue weighted by Gasteiger charge is -2.44. The number of hydrogen-bond donors (Lipinski definition) is 0. The number of nitrogens with zero attached hydrogens (tertiary/aromatic N) is 3. The Morgan fingerprint density at radius 2 is 1.74 bits per heavy atom. The van der Waals surface area contributed by atoms with Crippen LogP contribution in [0.4, 0.5) is 5.69 Å². The summed E-state index contributed by atoms with van der Waals surface area (Å²) in [6.45, 7) is 19.4. The van der Waals surface area contributed by atoms with Crippen molar-refractivity contribution < 1.29 is 0 Å². The largest absolute Gasteiger partial charge is 0.366 e. The highest BCUT2D eigenvalue weighted by molar-refractivity contribution is 5.61. The maximum Gasteiger partial charge on any atom is 0.0686 e. The molecule has 1 aliphatic heterocycles. The van der Waals surface area contributed by atoms with Crippen LogP contribution in [0.2, 0.25) is 0 Å². The van der Waals surface area contributed by atoms with Crippen LogP contribution in [-0.2, 0) is 0 Å². The molecule has 3 nitrogen and oxygen atoms in total. The van der Waals surface area contributed by atoms with Crippen LogP contribution in [0.15, 0.2) is 6.07 Å². The predicted octanol–water partition coefficient (Wildman–Crippen LogP) is 4.55. The number of rotatable bonds is 2. The average Bonchev–Trinajstić information content (AvgIpc) is 2.48. The van der Waals surface area contributed by atoms with Crippen LogP contribution in [0.1, 0.15) is 77.3 Å². The molecule has 0 bridgehead atoms. The van der Waals surface area contributed by atoms with E-state index in [-0.39, 0.29) is 0 Å². The lowest BCUT2D eigenvalue weighted by atomic mass is 9.88. The molecule has 0 saturated heterocycles. The molecule has 0 fully saturated rings. The van der Waals surface area contributed by atoms with Crippen LogP contribution in [0, 0.1) is 6.92 Å². The molecule has 3 heteroatoms. The molecule has 1 aromatic heterocycles. The fraction of sp³-hybridized carbons (Fsp3) is 0.750. The standard InChI is InChI=1S/C20H35N3/c1-12(2)18-10-14(5)21-19-16(7)17(8)22(9)15(6)11-23(13(3)4)20(18)19/h10,12-13,15-17H,11H2,1-9H3/t15-,16-,17+/m0/s1. The van der Waals surface area contributed by atoms with Crippen LogP contribution in [-0.4, -0.2) is 41.6 Å². The second-order valence-corrected chi connectivity index (χ2v) is 8.03. The van der Waals surface area contributed by atoms with E-state index in [4.69, 9.17) is 4.98 Å². The van der Waals surface area contributed by atoms with E-state index in [9.17, 15) is 0 Å². The van der Waals surface area contributed by atoms with Gasteiger partial charge in [0.15, 0.2) is 0 Å². The van der Waals surface area contributed by atoms with Crippen LogP contribution >= 0.6 is 0 Å². The summed E-state index contributed by atoms with van der Waals surface area (Å²) in [6, 6.07) is 3.80. The highest BCUT2D eigenvalue weighted by Gasteiger charge is 2.33. The third-order valence-electron chi connectivity index (χ3n) is 5.66. The summed E-state index contributed by atoms with van der Waals surface area (Å²) < 4.78 is 0. The normalized spacial score (nSPS) is 26.4. The van der Waals surface area contributed by atoms with E-state index >= 15 is 0 Å². The molecule has 1 aromatic rings. The molecule has 0 amide bonds. The highest BCUT2D eigenvalue weighted by Crippen LogP contribution is 2.39. The smallest absolute Gasteiger partial charge is 0.0686 e. The number of aryl methyl sites for hydroxylation is 1. The van der Waals surface area contributed by atoms with E-state index in [0.717, 1.165) is 12.2 Å². The SMILES string of the molecule is Cc1cc(C(C)C)c2c(n1)[C@@H](C)[C@@H](C)N(C)[C@@H](C)CN2C(C)C. The topological polar surface area (TPSA) is 19.4 Å². The third kappa shape index (κ3) is 3.40. The lowest BCUT2D eigenvalue weighted by molar-refractivity contribution is 0.171. The van der Waals surface area contributed by atoms with Gasteiger partial charge in [0.2, 0.25) is 0 Å². The lowest BCUT2D eigenvalue weighted by Crippen LogP contribution is -2.50. The molecule has 2 heterocycles. The molecule has 1 aliphatic rings. The minimum atomic E-state index is 0.427. The molecule has 23 heavy (non-hydrogen) atoms. The van der Waals surface area contributed by atoms with Gasteiger partial charge in [0, 0.05) is 36.3 Å². The Kier molecular flexibility index (Phi) is 5.40. The van der Waals surface area contributed by atoms with Gasteiger partial charge in [-0.25, -0.2) is 0 Å². The van der Waals surface area contributed by atoms with Gasteiger partial charge < -0.3 is 4.90 Å². The Morgan fingerprint density at radius 1 is 1.13 bits per heavy atom. The molecular formula is C20H35N3. The number of fused-ring (bicyclic) bond motifs is 1. The molecule has 2 rings (SSSR count). The zero-order valence-electron chi connectivity index (χ0n) is 16.5. The summed E-state index contributed by atoms with van der Waals surface area (Å²) in [5.74, 6) is 0.943. The molecule has 0 aromatic carbocycles. The minimum absolute atomic E-state index is 0.427. The molecule has 0 spiro atoms. The van der Waals surface area contributed by atoms with Gasteiger partial charge in [0.1, 0.15) is 0 Å². The van der Waals surface area contributed by atoms with Gasteiger partial charge in [-0.2, -0.15) is 0 Å². The van der Waals surface area contributed by atoms with Gasteiger partial charge in [0.05, 0.1) is 11.4 Å². The molecular weight excluding hydrogens is 282 g/mol. The molecule has 0 N–H and O–H groups in total. The number of anilines is 1. The fourth-order valence-electron chi connectivity index (χ4n) is 3.74. The quantitative estimate of drug-likeness (QED) is 0.797. The van der Waals surface area contributed by atoms with Crippen LogP contribution < -0.4 is 4.90 Å². The molecule has 0 unspecified atom stereocenters. The predicted molar refractivity (Wildman–Crippen MR) is 101 cm³/mol. The summed E-state index contributed by atoms with van der Waals surface area (Å²) in [7, 11) is 2.26. The van der Waals surface area contributed by atoms with Gasteiger partial charge in [-0.1, -0.05) is 20.8 Å². The van der Waals surface area contributed by atoms with Crippen molar-refractivity contribution in [3.05, 3.63) is 23.0 Å². The van der Waals surface area contributed by atoms with E-state index in [1.165, 1.54) is 16.9 Å². The van der Waals surface area contributed by atoms with E-state index in [1.54, 1.807) is 0 Å². The Balaban J connectivity index is 2.73. The molecule has 130 valence electrons. The Labute approximate surface area is 143 Å². The first-order valence-corrected chi connectivity index (χ1v) is 9.15.